The topological polar surface area (TPSA) is 48.3 Å². The Balaban J connectivity index is 2.19. The Morgan fingerprint density at radius 1 is 1.13 bits per heavy atom. The van der Waals surface area contributed by atoms with Crippen molar-refractivity contribution in [3.63, 3.8) is 0 Å². The van der Waals surface area contributed by atoms with Gasteiger partial charge in [0.25, 0.3) is 0 Å². The Labute approximate surface area is 133 Å². The van der Waals surface area contributed by atoms with E-state index in [1.165, 1.54) is 18.4 Å². The zero-order valence-corrected chi connectivity index (χ0v) is 12.9. The number of ketones is 1. The molecule has 23 heavy (non-hydrogen) atoms. The van der Waals surface area contributed by atoms with Crippen molar-refractivity contribution in [1.82, 2.24) is 4.57 Å². The predicted molar refractivity (Wildman–Crippen MR) is 78.9 cm³/mol. The number of hydrogen-bond donors (Lipinski definition) is 0. The van der Waals surface area contributed by atoms with E-state index in [0.29, 0.717) is 0 Å². The van der Waals surface area contributed by atoms with Gasteiger partial charge in [-0.1, -0.05) is 12.1 Å². The van der Waals surface area contributed by atoms with Crippen LogP contribution in [0.25, 0.3) is 0 Å². The van der Waals surface area contributed by atoms with E-state index in [9.17, 15) is 22.8 Å². The number of Topliss-reactive ketones (excluding diaryl/α,β-unsaturated/α-hetero) is 1. The molecule has 0 fully saturated rings. The summed E-state index contributed by atoms with van der Waals surface area (Å²) in [6.07, 6.45) is -0.331. The van der Waals surface area contributed by atoms with E-state index in [4.69, 9.17) is 0 Å². The molecule has 0 aliphatic rings. The van der Waals surface area contributed by atoms with Gasteiger partial charge >= 0.3 is 12.1 Å². The summed E-state index contributed by atoms with van der Waals surface area (Å²) in [5.74, 6) is -2.55. The molecule has 1 heterocycles. The van der Waals surface area contributed by atoms with Gasteiger partial charge in [0.2, 0.25) is 16.1 Å². The van der Waals surface area contributed by atoms with Crippen LogP contribution in [0.5, 0.6) is 0 Å². The summed E-state index contributed by atoms with van der Waals surface area (Å²) < 4.78 is 43.0. The van der Waals surface area contributed by atoms with Gasteiger partial charge in [0.05, 0.1) is 12.1 Å². The monoisotopic (exact) mass is 344 g/mol. The highest BCUT2D eigenvalue weighted by molar-refractivity contribution is 7.92. The third kappa shape index (κ3) is 4.38. The normalized spacial score (nSPS) is 12.7. The van der Waals surface area contributed by atoms with E-state index in [-0.39, 0.29) is 22.8 Å². The standard InChI is InChI=1S/C15H13F3NO3S/c1-23(22-14(21)15(16,17)18)13-7-3-2-6-11(13)12(20)10-19-8-4-5-9-19/h2-9H,10H2,1H3/q+1. The summed E-state index contributed by atoms with van der Waals surface area (Å²) in [5, 5.41) is 0. The van der Waals surface area contributed by atoms with Crippen LogP contribution in [0.15, 0.2) is 53.7 Å². The highest BCUT2D eigenvalue weighted by Crippen LogP contribution is 2.24. The summed E-state index contributed by atoms with van der Waals surface area (Å²) in [4.78, 5) is 23.6. The SMILES string of the molecule is C[S+](OC(=O)C(F)(F)F)c1ccccc1C(=O)Cn1cccc1. The number of benzene rings is 1. The average molecular weight is 344 g/mol. The fourth-order valence-electron chi connectivity index (χ4n) is 1.88. The zero-order chi connectivity index (χ0) is 17.0. The first-order valence-electron chi connectivity index (χ1n) is 6.47. The maximum atomic E-state index is 12.3. The number of aromatic nitrogens is 1. The first kappa shape index (κ1) is 17.1. The van der Waals surface area contributed by atoms with Gasteiger partial charge in [-0.3, -0.25) is 4.79 Å². The molecule has 8 heteroatoms. The highest BCUT2D eigenvalue weighted by Gasteiger charge is 2.46. The molecular weight excluding hydrogens is 331 g/mol. The molecule has 0 radical (unpaired) electrons. The lowest BCUT2D eigenvalue weighted by Gasteiger charge is -2.08. The van der Waals surface area contributed by atoms with E-state index >= 15 is 0 Å². The number of alkyl halides is 3. The molecule has 1 aromatic heterocycles. The minimum atomic E-state index is -5.06. The molecule has 0 aliphatic carbocycles. The van der Waals surface area contributed by atoms with E-state index in [1.807, 2.05) is 0 Å². The van der Waals surface area contributed by atoms with Gasteiger partial charge in [0.1, 0.15) is 6.26 Å². The molecule has 0 spiro atoms. The minimum Gasteiger partial charge on any atom is -0.347 e. The van der Waals surface area contributed by atoms with Gasteiger partial charge in [-0.25, -0.2) is 8.98 Å². The molecule has 0 N–H and O–H groups in total. The van der Waals surface area contributed by atoms with Crippen LogP contribution in [0.1, 0.15) is 10.4 Å². The molecule has 4 nitrogen and oxygen atoms in total. The Morgan fingerprint density at radius 2 is 1.74 bits per heavy atom. The van der Waals surface area contributed by atoms with Gasteiger partial charge in [-0.2, -0.15) is 13.2 Å². The van der Waals surface area contributed by atoms with Crippen molar-refractivity contribution in [2.75, 3.05) is 6.26 Å². The van der Waals surface area contributed by atoms with Crippen molar-refractivity contribution in [3.05, 3.63) is 54.4 Å². The molecule has 1 unspecified atom stereocenters. The van der Waals surface area contributed by atoms with Crippen LogP contribution in [0.4, 0.5) is 13.2 Å². The number of carbonyl (C=O) groups is 2. The number of rotatable bonds is 5. The smallest absolute Gasteiger partial charge is 0.347 e. The van der Waals surface area contributed by atoms with Gasteiger partial charge in [0.15, 0.2) is 5.78 Å². The van der Waals surface area contributed by atoms with Gasteiger partial charge in [0, 0.05) is 12.4 Å². The van der Waals surface area contributed by atoms with E-state index in [0.717, 1.165) is 0 Å². The predicted octanol–water partition coefficient (Wildman–Crippen LogP) is 3.00. The lowest BCUT2D eigenvalue weighted by atomic mass is 10.1. The van der Waals surface area contributed by atoms with Gasteiger partial charge in [-0.05, 0) is 24.3 Å². The number of hydrogen-bond acceptors (Lipinski definition) is 3. The zero-order valence-electron chi connectivity index (χ0n) is 12.0. The van der Waals surface area contributed by atoms with Crippen molar-refractivity contribution in [2.24, 2.45) is 0 Å². The van der Waals surface area contributed by atoms with Crippen LogP contribution in [-0.4, -0.2) is 28.8 Å². The fraction of sp³-hybridized carbons (Fsp3) is 0.200. The van der Waals surface area contributed by atoms with Crippen molar-refractivity contribution >= 4 is 22.9 Å². The van der Waals surface area contributed by atoms with Crippen LogP contribution >= 0.6 is 0 Å². The maximum absolute atomic E-state index is 12.3. The second-order valence-electron chi connectivity index (χ2n) is 4.60. The van der Waals surface area contributed by atoms with Gasteiger partial charge < -0.3 is 4.57 Å². The lowest BCUT2D eigenvalue weighted by Crippen LogP contribution is -2.28. The molecule has 0 bridgehead atoms. The largest absolute Gasteiger partial charge is 0.496 e. The molecule has 0 amide bonds. The molecule has 122 valence electrons. The second kappa shape index (κ2) is 6.91. The quantitative estimate of drug-likeness (QED) is 0.619. The third-order valence-corrected chi connectivity index (χ3v) is 4.30. The Bertz CT molecular complexity index is 698. The molecule has 1 atom stereocenters. The minimum absolute atomic E-state index is 0.0500. The molecule has 2 rings (SSSR count). The van der Waals surface area contributed by atoms with Crippen molar-refractivity contribution in [3.8, 4) is 0 Å². The molecule has 2 aromatic rings. The Morgan fingerprint density at radius 3 is 2.35 bits per heavy atom. The second-order valence-corrected chi connectivity index (χ2v) is 6.11. The fourth-order valence-corrected chi connectivity index (χ4v) is 3.05. The summed E-state index contributed by atoms with van der Waals surface area (Å²) in [5.41, 5.74) is 0.238. The van der Waals surface area contributed by atoms with E-state index < -0.39 is 23.3 Å². The summed E-state index contributed by atoms with van der Waals surface area (Å²) >= 11 is -1.49. The molecular formula is C15H13F3NO3S+. The third-order valence-electron chi connectivity index (χ3n) is 2.92. The van der Waals surface area contributed by atoms with Crippen LogP contribution in [0, 0.1) is 0 Å². The Kier molecular flexibility index (Phi) is 5.15. The van der Waals surface area contributed by atoms with Crippen molar-refractivity contribution in [2.45, 2.75) is 17.6 Å². The maximum Gasteiger partial charge on any atom is 0.496 e. The van der Waals surface area contributed by atoms with Crippen molar-refractivity contribution < 1.29 is 26.9 Å². The summed E-state index contributed by atoms with van der Waals surface area (Å²) in [7, 11) is 0. The first-order valence-corrected chi connectivity index (χ1v) is 8.03. The molecule has 0 aliphatic heterocycles. The Hall–Kier alpha value is -2.22. The van der Waals surface area contributed by atoms with E-state index in [2.05, 4.69) is 4.18 Å². The van der Waals surface area contributed by atoms with Crippen LogP contribution in [-0.2, 0) is 26.7 Å². The number of nitrogens with zero attached hydrogens (tertiary/aromatic N) is 1. The van der Waals surface area contributed by atoms with Crippen LogP contribution < -0.4 is 0 Å². The number of carbonyl (C=O) groups excluding carboxylic acids is 2. The van der Waals surface area contributed by atoms with Gasteiger partial charge in [-0.15, -0.1) is 0 Å². The van der Waals surface area contributed by atoms with Crippen LogP contribution in [0.3, 0.4) is 0 Å². The lowest BCUT2D eigenvalue weighted by molar-refractivity contribution is -0.188. The summed E-state index contributed by atoms with van der Waals surface area (Å²) in [6, 6.07) is 9.69. The van der Waals surface area contributed by atoms with Crippen molar-refractivity contribution in [1.29, 1.82) is 0 Å². The average Bonchev–Trinajstić information content (AvgIpc) is 2.99. The molecule has 1 aromatic carbocycles. The number of halogens is 3. The highest BCUT2D eigenvalue weighted by atomic mass is 32.2. The van der Waals surface area contributed by atoms with E-state index in [1.54, 1.807) is 41.2 Å². The molecule has 0 saturated carbocycles. The summed E-state index contributed by atoms with van der Waals surface area (Å²) in [6.45, 7) is 0.0500. The molecule has 0 saturated heterocycles. The first-order chi connectivity index (χ1) is 10.8. The van der Waals surface area contributed by atoms with Crippen LogP contribution in [0.2, 0.25) is 0 Å².